The number of ether oxygens (including phenoxy) is 1. The first kappa shape index (κ1) is 11.2. The molecule has 0 bridgehead atoms. The van der Waals surface area contributed by atoms with Crippen LogP contribution >= 0.6 is 0 Å². The Morgan fingerprint density at radius 3 is 2.29 bits per heavy atom. The van der Waals surface area contributed by atoms with E-state index in [-0.39, 0.29) is 6.10 Å². The molecule has 78 valence electrons. The van der Waals surface area contributed by atoms with Crippen molar-refractivity contribution in [1.29, 1.82) is 0 Å². The average molecular weight is 193 g/mol. The van der Waals surface area contributed by atoms with Crippen LogP contribution in [0.4, 0.5) is 0 Å². The Balaban J connectivity index is 3.02. The Labute approximate surface area is 86.1 Å². The lowest BCUT2D eigenvalue weighted by Crippen LogP contribution is -2.17. The van der Waals surface area contributed by atoms with Crippen LogP contribution in [-0.2, 0) is 4.74 Å². The molecule has 0 aliphatic rings. The zero-order valence-electron chi connectivity index (χ0n) is 9.21. The number of nitrogens with two attached hydrogens (primary N) is 1. The summed E-state index contributed by atoms with van der Waals surface area (Å²) in [5, 5.41) is 0. The van der Waals surface area contributed by atoms with Crippen molar-refractivity contribution >= 4 is 0 Å². The van der Waals surface area contributed by atoms with Gasteiger partial charge in [0.1, 0.15) is 0 Å². The molecule has 1 rings (SSSR count). The van der Waals surface area contributed by atoms with Gasteiger partial charge in [0.05, 0.1) is 6.10 Å². The predicted molar refractivity (Wildman–Crippen MR) is 59.3 cm³/mol. The third-order valence-electron chi connectivity index (χ3n) is 2.45. The summed E-state index contributed by atoms with van der Waals surface area (Å²) >= 11 is 0. The first-order chi connectivity index (χ1) is 6.70. The minimum Gasteiger partial charge on any atom is -0.372 e. The highest BCUT2D eigenvalue weighted by Gasteiger charge is 2.13. The minimum atomic E-state index is 0.0428. The van der Waals surface area contributed by atoms with Crippen molar-refractivity contribution in [3.8, 4) is 0 Å². The van der Waals surface area contributed by atoms with Gasteiger partial charge in [-0.3, -0.25) is 0 Å². The largest absolute Gasteiger partial charge is 0.372 e. The van der Waals surface area contributed by atoms with Crippen LogP contribution in [0.2, 0.25) is 0 Å². The molecule has 1 unspecified atom stereocenters. The third-order valence-corrected chi connectivity index (χ3v) is 2.45. The van der Waals surface area contributed by atoms with E-state index in [0.717, 1.165) is 0 Å². The minimum absolute atomic E-state index is 0.0428. The highest BCUT2D eigenvalue weighted by atomic mass is 16.5. The van der Waals surface area contributed by atoms with Crippen LogP contribution in [0.25, 0.3) is 0 Å². The summed E-state index contributed by atoms with van der Waals surface area (Å²) in [6, 6.07) is 6.27. The number of hydrogen-bond acceptors (Lipinski definition) is 2. The van der Waals surface area contributed by atoms with Crippen molar-refractivity contribution < 1.29 is 4.74 Å². The zero-order chi connectivity index (χ0) is 10.6. The van der Waals surface area contributed by atoms with Gasteiger partial charge < -0.3 is 10.5 Å². The quantitative estimate of drug-likeness (QED) is 0.796. The van der Waals surface area contributed by atoms with Crippen molar-refractivity contribution in [2.45, 2.75) is 26.9 Å². The van der Waals surface area contributed by atoms with Crippen LogP contribution in [0.1, 0.15) is 29.7 Å². The Morgan fingerprint density at radius 1 is 1.29 bits per heavy atom. The maximum Gasteiger partial charge on any atom is 0.0952 e. The summed E-state index contributed by atoms with van der Waals surface area (Å²) in [5.74, 6) is 0. The van der Waals surface area contributed by atoms with E-state index in [1.54, 1.807) is 0 Å². The van der Waals surface area contributed by atoms with Gasteiger partial charge in [-0.15, -0.1) is 0 Å². The Hall–Kier alpha value is -0.860. The standard InChI is InChI=1S/C12H19NO/c1-4-14-11(8-13)12-9(2)6-5-7-10(12)3/h5-7,11H,4,8,13H2,1-3H3. The molecule has 2 N–H and O–H groups in total. The second-order valence-electron chi connectivity index (χ2n) is 3.49. The normalized spacial score (nSPS) is 12.9. The molecule has 0 amide bonds. The van der Waals surface area contributed by atoms with Crippen LogP contribution in [-0.4, -0.2) is 13.2 Å². The summed E-state index contributed by atoms with van der Waals surface area (Å²) in [7, 11) is 0. The molecule has 0 aliphatic heterocycles. The van der Waals surface area contributed by atoms with E-state index in [2.05, 4.69) is 32.0 Å². The smallest absolute Gasteiger partial charge is 0.0952 e. The van der Waals surface area contributed by atoms with E-state index in [9.17, 15) is 0 Å². The molecule has 0 radical (unpaired) electrons. The van der Waals surface area contributed by atoms with Crippen molar-refractivity contribution in [3.05, 3.63) is 34.9 Å². The zero-order valence-corrected chi connectivity index (χ0v) is 9.21. The van der Waals surface area contributed by atoms with Crippen molar-refractivity contribution in [1.82, 2.24) is 0 Å². The molecule has 2 heteroatoms. The lowest BCUT2D eigenvalue weighted by Gasteiger charge is -2.19. The fourth-order valence-electron chi connectivity index (χ4n) is 1.81. The van der Waals surface area contributed by atoms with E-state index in [1.165, 1.54) is 16.7 Å². The molecule has 0 spiro atoms. The summed E-state index contributed by atoms with van der Waals surface area (Å²) in [6.45, 7) is 7.44. The van der Waals surface area contributed by atoms with Gasteiger partial charge in [-0.2, -0.15) is 0 Å². The van der Waals surface area contributed by atoms with Crippen LogP contribution in [0, 0.1) is 13.8 Å². The van der Waals surface area contributed by atoms with Crippen LogP contribution in [0.15, 0.2) is 18.2 Å². The van der Waals surface area contributed by atoms with Gasteiger partial charge in [0.2, 0.25) is 0 Å². The molecule has 0 saturated carbocycles. The highest BCUT2D eigenvalue weighted by molar-refractivity contribution is 5.35. The second kappa shape index (κ2) is 5.13. The average Bonchev–Trinajstić information content (AvgIpc) is 2.16. The van der Waals surface area contributed by atoms with E-state index in [1.807, 2.05) is 6.92 Å². The van der Waals surface area contributed by atoms with Crippen molar-refractivity contribution in [2.75, 3.05) is 13.2 Å². The first-order valence-corrected chi connectivity index (χ1v) is 5.08. The van der Waals surface area contributed by atoms with Gasteiger partial charge in [0.25, 0.3) is 0 Å². The first-order valence-electron chi connectivity index (χ1n) is 5.08. The number of rotatable bonds is 4. The summed E-state index contributed by atoms with van der Waals surface area (Å²) in [4.78, 5) is 0. The molecule has 0 saturated heterocycles. The molecule has 1 atom stereocenters. The van der Waals surface area contributed by atoms with Gasteiger partial charge in [0, 0.05) is 13.2 Å². The van der Waals surface area contributed by atoms with Crippen molar-refractivity contribution in [2.24, 2.45) is 5.73 Å². The van der Waals surface area contributed by atoms with Gasteiger partial charge >= 0.3 is 0 Å². The summed E-state index contributed by atoms with van der Waals surface area (Å²) in [5.41, 5.74) is 9.47. The van der Waals surface area contributed by atoms with E-state index < -0.39 is 0 Å². The van der Waals surface area contributed by atoms with Gasteiger partial charge in [-0.1, -0.05) is 18.2 Å². The lowest BCUT2D eigenvalue weighted by atomic mass is 9.98. The maximum atomic E-state index is 5.70. The third kappa shape index (κ3) is 2.34. The van der Waals surface area contributed by atoms with Crippen LogP contribution < -0.4 is 5.73 Å². The van der Waals surface area contributed by atoms with Crippen LogP contribution in [0.3, 0.4) is 0 Å². The topological polar surface area (TPSA) is 35.2 Å². The number of aryl methyl sites for hydroxylation is 2. The fraction of sp³-hybridized carbons (Fsp3) is 0.500. The van der Waals surface area contributed by atoms with Crippen molar-refractivity contribution in [3.63, 3.8) is 0 Å². The number of hydrogen-bond donors (Lipinski definition) is 1. The van der Waals surface area contributed by atoms with E-state index in [4.69, 9.17) is 10.5 Å². The SMILES string of the molecule is CCOC(CN)c1c(C)cccc1C. The van der Waals surface area contributed by atoms with Gasteiger partial charge in [-0.25, -0.2) is 0 Å². The highest BCUT2D eigenvalue weighted by Crippen LogP contribution is 2.23. The monoisotopic (exact) mass is 193 g/mol. The molecule has 0 heterocycles. The molecule has 1 aromatic carbocycles. The molecule has 0 aromatic heterocycles. The molecule has 1 aromatic rings. The maximum absolute atomic E-state index is 5.70. The molecular formula is C12H19NO. The molecule has 14 heavy (non-hydrogen) atoms. The molecule has 2 nitrogen and oxygen atoms in total. The molecule has 0 aliphatic carbocycles. The van der Waals surface area contributed by atoms with E-state index in [0.29, 0.717) is 13.2 Å². The van der Waals surface area contributed by atoms with Gasteiger partial charge in [-0.05, 0) is 37.5 Å². The second-order valence-corrected chi connectivity index (χ2v) is 3.49. The lowest BCUT2D eigenvalue weighted by molar-refractivity contribution is 0.0680. The Bertz CT molecular complexity index is 276. The Morgan fingerprint density at radius 2 is 1.86 bits per heavy atom. The Kier molecular flexibility index (Phi) is 4.11. The fourth-order valence-corrected chi connectivity index (χ4v) is 1.81. The molecular weight excluding hydrogens is 174 g/mol. The summed E-state index contributed by atoms with van der Waals surface area (Å²) in [6.07, 6.45) is 0.0428. The molecule has 0 fully saturated rings. The van der Waals surface area contributed by atoms with E-state index >= 15 is 0 Å². The summed E-state index contributed by atoms with van der Waals surface area (Å²) < 4.78 is 5.61. The number of benzene rings is 1. The van der Waals surface area contributed by atoms with Crippen LogP contribution in [0.5, 0.6) is 0 Å². The van der Waals surface area contributed by atoms with Gasteiger partial charge in [0.15, 0.2) is 0 Å². The predicted octanol–water partition coefficient (Wildman–Crippen LogP) is 2.34.